The second-order valence-corrected chi connectivity index (χ2v) is 7.71. The quantitative estimate of drug-likeness (QED) is 0.819. The number of aryl methyl sites for hydroxylation is 1. The molecule has 1 saturated heterocycles. The lowest BCUT2D eigenvalue weighted by Crippen LogP contribution is -2.39. The number of alkyl halides is 3. The first-order valence-electron chi connectivity index (χ1n) is 10.1. The van der Waals surface area contributed by atoms with E-state index in [4.69, 9.17) is 0 Å². The van der Waals surface area contributed by atoms with Crippen molar-refractivity contribution in [1.29, 1.82) is 0 Å². The number of carbonyl (C=O) groups excluding carboxylic acids is 1. The van der Waals surface area contributed by atoms with Crippen LogP contribution in [0.3, 0.4) is 0 Å². The van der Waals surface area contributed by atoms with E-state index >= 15 is 0 Å². The number of likely N-dealkylation sites (tertiary alicyclic amines) is 1. The number of anilines is 1. The minimum atomic E-state index is -4.36. The van der Waals surface area contributed by atoms with Crippen molar-refractivity contribution >= 4 is 11.7 Å². The molecule has 1 N–H and O–H groups in total. The zero-order valence-electron chi connectivity index (χ0n) is 16.3. The largest absolute Gasteiger partial charge is 0.410 e. The minimum absolute atomic E-state index is 0.0271. The molecule has 0 bridgehead atoms. The third kappa shape index (κ3) is 3.97. The molecule has 1 amide bonds. The Bertz CT molecular complexity index is 847. The molecule has 0 saturated carbocycles. The Balaban J connectivity index is 1.53. The molecule has 0 aliphatic carbocycles. The number of aromatic nitrogens is 4. The van der Waals surface area contributed by atoms with E-state index in [0.717, 1.165) is 11.1 Å². The molecule has 1 fully saturated rings. The van der Waals surface area contributed by atoms with E-state index in [9.17, 15) is 18.0 Å². The summed E-state index contributed by atoms with van der Waals surface area (Å²) in [5, 5.41) is 11.6. The molecule has 7 nitrogen and oxygen atoms in total. The van der Waals surface area contributed by atoms with E-state index in [0.29, 0.717) is 43.9 Å². The fourth-order valence-corrected chi connectivity index (χ4v) is 4.26. The standard InChI is InChI=1S/C19H25F3N6O/c1-2-13-11-16(19(20,21)22)28-17(24-13)12-14(25-28)15-5-3-9-27(15)18(29)6-10-26-8-4-7-23-26/h4,7-8,12-13,15-16,24H,2-3,5-6,9-11H2,1H3/t13-,15-,16-/m1/s1. The number of fused-ring (bicyclic) bond motifs is 1. The van der Waals surface area contributed by atoms with Crippen molar-refractivity contribution in [3.63, 3.8) is 0 Å². The number of amides is 1. The summed E-state index contributed by atoms with van der Waals surface area (Å²) < 4.78 is 43.5. The average Bonchev–Trinajstić information content (AvgIpc) is 3.43. The molecule has 4 heterocycles. The smallest absolute Gasteiger partial charge is 0.367 e. The maximum atomic E-state index is 13.6. The van der Waals surface area contributed by atoms with Crippen molar-refractivity contribution in [2.24, 2.45) is 0 Å². The van der Waals surface area contributed by atoms with Gasteiger partial charge in [-0.3, -0.25) is 9.48 Å². The van der Waals surface area contributed by atoms with E-state index in [1.54, 1.807) is 34.1 Å². The normalized spacial score (nSPS) is 24.4. The van der Waals surface area contributed by atoms with Crippen molar-refractivity contribution in [1.82, 2.24) is 24.5 Å². The molecular formula is C19H25F3N6O. The molecule has 158 valence electrons. The van der Waals surface area contributed by atoms with E-state index in [1.165, 1.54) is 0 Å². The first-order valence-corrected chi connectivity index (χ1v) is 10.1. The fourth-order valence-electron chi connectivity index (χ4n) is 4.26. The van der Waals surface area contributed by atoms with Gasteiger partial charge in [-0.15, -0.1) is 0 Å². The third-order valence-corrected chi connectivity index (χ3v) is 5.81. The van der Waals surface area contributed by atoms with E-state index in [-0.39, 0.29) is 24.4 Å². The van der Waals surface area contributed by atoms with Crippen molar-refractivity contribution < 1.29 is 18.0 Å². The molecule has 0 radical (unpaired) electrons. The number of nitrogens with one attached hydrogen (secondary N) is 1. The number of hydrogen-bond acceptors (Lipinski definition) is 4. The molecule has 2 aliphatic rings. The van der Waals surface area contributed by atoms with Gasteiger partial charge in [-0.1, -0.05) is 6.92 Å². The number of halogens is 3. The van der Waals surface area contributed by atoms with Gasteiger partial charge in [0.25, 0.3) is 0 Å². The van der Waals surface area contributed by atoms with Gasteiger partial charge in [0, 0.05) is 44.0 Å². The molecule has 0 unspecified atom stereocenters. The summed E-state index contributed by atoms with van der Waals surface area (Å²) in [4.78, 5) is 14.5. The summed E-state index contributed by atoms with van der Waals surface area (Å²) in [6.07, 6.45) is 1.49. The lowest BCUT2D eigenvalue weighted by Gasteiger charge is -2.32. The number of carbonyl (C=O) groups is 1. The van der Waals surface area contributed by atoms with Gasteiger partial charge in [0.1, 0.15) is 5.82 Å². The highest BCUT2D eigenvalue weighted by Crippen LogP contribution is 2.42. The van der Waals surface area contributed by atoms with Crippen LogP contribution in [-0.2, 0) is 11.3 Å². The maximum absolute atomic E-state index is 13.6. The topological polar surface area (TPSA) is 68.0 Å². The molecule has 2 aromatic rings. The highest BCUT2D eigenvalue weighted by molar-refractivity contribution is 5.77. The summed E-state index contributed by atoms with van der Waals surface area (Å²) in [5.41, 5.74) is 0.531. The third-order valence-electron chi connectivity index (χ3n) is 5.81. The van der Waals surface area contributed by atoms with Gasteiger partial charge < -0.3 is 10.2 Å². The second kappa shape index (κ2) is 7.72. The van der Waals surface area contributed by atoms with Crippen LogP contribution in [0.4, 0.5) is 19.0 Å². The highest BCUT2D eigenvalue weighted by Gasteiger charge is 2.46. The molecule has 10 heteroatoms. The van der Waals surface area contributed by atoms with Crippen LogP contribution in [0, 0.1) is 0 Å². The van der Waals surface area contributed by atoms with Gasteiger partial charge in [-0.25, -0.2) is 4.68 Å². The van der Waals surface area contributed by atoms with Gasteiger partial charge in [-0.05, 0) is 31.7 Å². The predicted molar refractivity (Wildman–Crippen MR) is 100 cm³/mol. The minimum Gasteiger partial charge on any atom is -0.367 e. The second-order valence-electron chi connectivity index (χ2n) is 7.71. The number of hydrogen-bond donors (Lipinski definition) is 1. The fraction of sp³-hybridized carbons (Fsp3) is 0.632. The summed E-state index contributed by atoms with van der Waals surface area (Å²) in [6, 6.07) is 1.32. The zero-order valence-corrected chi connectivity index (χ0v) is 16.3. The summed E-state index contributed by atoms with van der Waals surface area (Å²) in [6.45, 7) is 2.94. The van der Waals surface area contributed by atoms with Crippen molar-refractivity contribution in [3.05, 3.63) is 30.2 Å². The Labute approximate surface area is 166 Å². The van der Waals surface area contributed by atoms with Crippen LogP contribution in [0.1, 0.15) is 56.8 Å². The van der Waals surface area contributed by atoms with Crippen LogP contribution < -0.4 is 5.32 Å². The molecule has 0 aromatic carbocycles. The lowest BCUT2D eigenvalue weighted by atomic mass is 10.0. The van der Waals surface area contributed by atoms with E-state index < -0.39 is 12.2 Å². The maximum Gasteiger partial charge on any atom is 0.410 e. The molecule has 29 heavy (non-hydrogen) atoms. The van der Waals surface area contributed by atoms with E-state index in [1.807, 2.05) is 6.92 Å². The van der Waals surface area contributed by atoms with Crippen molar-refractivity contribution in [2.75, 3.05) is 11.9 Å². The SMILES string of the molecule is CC[C@@H]1C[C@H](C(F)(F)F)n2nc([C@H]3CCCN3C(=O)CCn3cccn3)cc2N1. The van der Waals surface area contributed by atoms with E-state index in [2.05, 4.69) is 15.5 Å². The molecule has 0 spiro atoms. The molecule has 3 atom stereocenters. The van der Waals surface area contributed by atoms with Crippen LogP contribution in [0.5, 0.6) is 0 Å². The Morgan fingerprint density at radius 2 is 2.21 bits per heavy atom. The van der Waals surface area contributed by atoms with Gasteiger partial charge in [0.15, 0.2) is 6.04 Å². The van der Waals surface area contributed by atoms with Crippen LogP contribution in [-0.4, -0.2) is 49.1 Å². The first-order chi connectivity index (χ1) is 13.9. The Morgan fingerprint density at radius 3 is 2.90 bits per heavy atom. The van der Waals surface area contributed by atoms with Gasteiger partial charge in [-0.2, -0.15) is 23.4 Å². The molecule has 2 aliphatic heterocycles. The van der Waals surface area contributed by atoms with Crippen LogP contribution in [0.15, 0.2) is 24.5 Å². The van der Waals surface area contributed by atoms with Crippen molar-refractivity contribution in [2.45, 2.75) is 69.9 Å². The van der Waals surface area contributed by atoms with Gasteiger partial charge in [0.05, 0.1) is 11.7 Å². The van der Waals surface area contributed by atoms with Crippen molar-refractivity contribution in [3.8, 4) is 0 Å². The van der Waals surface area contributed by atoms with Crippen LogP contribution >= 0.6 is 0 Å². The molecule has 4 rings (SSSR count). The summed E-state index contributed by atoms with van der Waals surface area (Å²) in [5.74, 6) is 0.358. The predicted octanol–water partition coefficient (Wildman–Crippen LogP) is 3.53. The van der Waals surface area contributed by atoms with Crippen LogP contribution in [0.2, 0.25) is 0 Å². The molecular weight excluding hydrogens is 385 g/mol. The molecule has 2 aromatic heterocycles. The van der Waals surface area contributed by atoms with Gasteiger partial charge in [0.2, 0.25) is 5.91 Å². The first kappa shape index (κ1) is 19.8. The lowest BCUT2D eigenvalue weighted by molar-refractivity contribution is -0.173. The average molecular weight is 410 g/mol. The number of nitrogens with zero attached hydrogens (tertiary/aromatic N) is 5. The van der Waals surface area contributed by atoms with Gasteiger partial charge >= 0.3 is 6.18 Å². The zero-order chi connectivity index (χ0) is 20.6. The Morgan fingerprint density at radius 1 is 1.38 bits per heavy atom. The summed E-state index contributed by atoms with van der Waals surface area (Å²) >= 11 is 0. The Hall–Kier alpha value is -2.52. The highest BCUT2D eigenvalue weighted by atomic mass is 19.4. The summed E-state index contributed by atoms with van der Waals surface area (Å²) in [7, 11) is 0. The van der Waals surface area contributed by atoms with Crippen LogP contribution in [0.25, 0.3) is 0 Å². The monoisotopic (exact) mass is 410 g/mol. The number of rotatable bonds is 5. The Kier molecular flexibility index (Phi) is 5.26.